The van der Waals surface area contributed by atoms with E-state index in [4.69, 9.17) is 5.73 Å². The second-order valence-corrected chi connectivity index (χ2v) is 4.60. The molecular formula is C12H14F3N3O. The summed E-state index contributed by atoms with van der Waals surface area (Å²) in [5.74, 6) is 0. The van der Waals surface area contributed by atoms with Gasteiger partial charge in [-0.3, -0.25) is 0 Å². The van der Waals surface area contributed by atoms with E-state index in [2.05, 4.69) is 10.6 Å². The summed E-state index contributed by atoms with van der Waals surface area (Å²) in [6.45, 7) is 0. The highest BCUT2D eigenvalue weighted by molar-refractivity contribution is 5.89. The summed E-state index contributed by atoms with van der Waals surface area (Å²) < 4.78 is 37.0. The molecule has 0 radical (unpaired) electrons. The number of urea groups is 1. The predicted molar refractivity (Wildman–Crippen MR) is 64.6 cm³/mol. The topological polar surface area (TPSA) is 67.1 Å². The number of carbonyl (C=O) groups excluding carboxylic acids is 1. The summed E-state index contributed by atoms with van der Waals surface area (Å²) in [6.07, 6.45) is -2.93. The minimum absolute atomic E-state index is 0.0458. The van der Waals surface area contributed by atoms with Crippen molar-refractivity contribution in [3.05, 3.63) is 29.8 Å². The molecule has 0 aromatic heterocycles. The van der Waals surface area contributed by atoms with Gasteiger partial charge < -0.3 is 16.4 Å². The molecule has 1 fully saturated rings. The highest BCUT2D eigenvalue weighted by Gasteiger charge is 2.30. The van der Waals surface area contributed by atoms with Gasteiger partial charge in [-0.1, -0.05) is 0 Å². The third-order valence-corrected chi connectivity index (χ3v) is 2.98. The van der Waals surface area contributed by atoms with Crippen LogP contribution < -0.4 is 16.4 Å². The molecule has 4 nitrogen and oxygen atoms in total. The third-order valence-electron chi connectivity index (χ3n) is 2.98. The van der Waals surface area contributed by atoms with Crippen LogP contribution in [0.15, 0.2) is 24.3 Å². The van der Waals surface area contributed by atoms with Crippen LogP contribution in [0.4, 0.5) is 23.7 Å². The highest BCUT2D eigenvalue weighted by atomic mass is 19.4. The first-order valence-electron chi connectivity index (χ1n) is 5.85. The van der Waals surface area contributed by atoms with Gasteiger partial charge in [0.2, 0.25) is 0 Å². The first kappa shape index (κ1) is 13.7. The summed E-state index contributed by atoms with van der Waals surface area (Å²) in [7, 11) is 0. The smallest absolute Gasteiger partial charge is 0.335 e. The molecule has 2 rings (SSSR count). The lowest BCUT2D eigenvalue weighted by Gasteiger charge is -2.32. The van der Waals surface area contributed by atoms with Gasteiger partial charge in [0.15, 0.2) is 0 Å². The lowest BCUT2D eigenvalue weighted by Crippen LogP contribution is -2.51. The van der Waals surface area contributed by atoms with Gasteiger partial charge in [-0.05, 0) is 37.1 Å². The molecule has 0 heterocycles. The number of benzene rings is 1. The van der Waals surface area contributed by atoms with E-state index < -0.39 is 17.8 Å². The Morgan fingerprint density at radius 1 is 1.21 bits per heavy atom. The van der Waals surface area contributed by atoms with Gasteiger partial charge in [0.25, 0.3) is 0 Å². The molecular weight excluding hydrogens is 259 g/mol. The second-order valence-electron chi connectivity index (χ2n) is 4.60. The number of carbonyl (C=O) groups is 1. The summed E-state index contributed by atoms with van der Waals surface area (Å²) in [4.78, 5) is 11.5. The average Bonchev–Trinajstić information content (AvgIpc) is 2.26. The first-order chi connectivity index (χ1) is 8.84. The van der Waals surface area contributed by atoms with E-state index in [1.54, 1.807) is 0 Å². The maximum atomic E-state index is 12.3. The van der Waals surface area contributed by atoms with Crippen LogP contribution in [0.5, 0.6) is 0 Å². The quantitative estimate of drug-likeness (QED) is 0.774. The van der Waals surface area contributed by atoms with E-state index in [0.717, 1.165) is 25.0 Å². The maximum Gasteiger partial charge on any atom is 0.416 e. The molecule has 0 unspecified atom stereocenters. The van der Waals surface area contributed by atoms with E-state index in [-0.39, 0.29) is 12.1 Å². The van der Waals surface area contributed by atoms with Crippen molar-refractivity contribution in [2.45, 2.75) is 31.1 Å². The summed E-state index contributed by atoms with van der Waals surface area (Å²) >= 11 is 0. The number of nitrogens with two attached hydrogens (primary N) is 1. The molecule has 1 aliphatic carbocycles. The average molecular weight is 273 g/mol. The molecule has 104 valence electrons. The van der Waals surface area contributed by atoms with Crippen molar-refractivity contribution in [2.75, 3.05) is 5.32 Å². The van der Waals surface area contributed by atoms with Crippen molar-refractivity contribution in [1.82, 2.24) is 5.32 Å². The van der Waals surface area contributed by atoms with Crippen LogP contribution in [-0.2, 0) is 6.18 Å². The molecule has 4 N–H and O–H groups in total. The van der Waals surface area contributed by atoms with Gasteiger partial charge in [0.1, 0.15) is 0 Å². The standard InChI is InChI=1S/C12H14F3N3O/c13-12(14,15)7-1-3-9(4-2-7)17-11(19)18-10-5-8(16)6-10/h1-4,8,10H,5-6,16H2,(H2,17,18,19). The fraction of sp³-hybridized carbons (Fsp3) is 0.417. The minimum atomic E-state index is -4.37. The minimum Gasteiger partial charge on any atom is -0.335 e. The molecule has 0 atom stereocenters. The summed E-state index contributed by atoms with van der Waals surface area (Å²) in [6, 6.07) is 4.02. The van der Waals surface area contributed by atoms with Crippen LogP contribution in [0, 0.1) is 0 Å². The molecule has 0 bridgehead atoms. The molecule has 1 saturated carbocycles. The fourth-order valence-electron chi connectivity index (χ4n) is 1.87. The van der Waals surface area contributed by atoms with Crippen molar-refractivity contribution in [2.24, 2.45) is 5.73 Å². The Morgan fingerprint density at radius 3 is 2.26 bits per heavy atom. The Hall–Kier alpha value is -1.76. The molecule has 19 heavy (non-hydrogen) atoms. The van der Waals surface area contributed by atoms with Gasteiger partial charge >= 0.3 is 12.2 Å². The molecule has 1 aliphatic rings. The Kier molecular flexibility index (Phi) is 3.66. The Labute approximate surface area is 108 Å². The number of hydrogen-bond acceptors (Lipinski definition) is 2. The molecule has 0 aliphatic heterocycles. The number of alkyl halides is 3. The van der Waals surface area contributed by atoms with Gasteiger partial charge in [-0.25, -0.2) is 4.79 Å². The van der Waals surface area contributed by atoms with E-state index >= 15 is 0 Å². The van der Waals surface area contributed by atoms with Gasteiger partial charge in [-0.2, -0.15) is 13.2 Å². The van der Waals surface area contributed by atoms with E-state index in [9.17, 15) is 18.0 Å². The lowest BCUT2D eigenvalue weighted by atomic mass is 9.88. The zero-order valence-corrected chi connectivity index (χ0v) is 10.00. The van der Waals surface area contributed by atoms with Gasteiger partial charge in [0, 0.05) is 17.8 Å². The van der Waals surface area contributed by atoms with Crippen molar-refractivity contribution < 1.29 is 18.0 Å². The largest absolute Gasteiger partial charge is 0.416 e. The second kappa shape index (κ2) is 5.08. The number of hydrogen-bond donors (Lipinski definition) is 3. The maximum absolute atomic E-state index is 12.3. The Bertz CT molecular complexity index is 452. The summed E-state index contributed by atoms with van der Waals surface area (Å²) in [5.41, 5.74) is 5.14. The van der Waals surface area contributed by atoms with Gasteiger partial charge in [0.05, 0.1) is 5.56 Å². The van der Waals surface area contributed by atoms with Crippen molar-refractivity contribution >= 4 is 11.7 Å². The number of halogens is 3. The van der Waals surface area contributed by atoms with Crippen LogP contribution in [0.3, 0.4) is 0 Å². The van der Waals surface area contributed by atoms with Gasteiger partial charge in [-0.15, -0.1) is 0 Å². The van der Waals surface area contributed by atoms with Crippen LogP contribution in [0.2, 0.25) is 0 Å². The number of amides is 2. The zero-order chi connectivity index (χ0) is 14.0. The van der Waals surface area contributed by atoms with E-state index in [0.29, 0.717) is 5.69 Å². The number of anilines is 1. The Morgan fingerprint density at radius 2 is 1.79 bits per heavy atom. The van der Waals surface area contributed by atoms with Crippen molar-refractivity contribution in [3.63, 3.8) is 0 Å². The molecule has 2 amide bonds. The molecule has 7 heteroatoms. The van der Waals surface area contributed by atoms with Crippen LogP contribution in [0.25, 0.3) is 0 Å². The molecule has 1 aromatic rings. The predicted octanol–water partition coefficient (Wildman–Crippen LogP) is 2.32. The first-order valence-corrected chi connectivity index (χ1v) is 5.85. The number of nitrogens with one attached hydrogen (secondary N) is 2. The number of rotatable bonds is 2. The van der Waals surface area contributed by atoms with Crippen LogP contribution >= 0.6 is 0 Å². The fourth-order valence-corrected chi connectivity index (χ4v) is 1.87. The molecule has 1 aromatic carbocycles. The highest BCUT2D eigenvalue weighted by Crippen LogP contribution is 2.29. The van der Waals surface area contributed by atoms with E-state index in [1.807, 2.05) is 0 Å². The van der Waals surface area contributed by atoms with E-state index in [1.165, 1.54) is 12.1 Å². The normalized spacial score (nSPS) is 22.5. The monoisotopic (exact) mass is 273 g/mol. The van der Waals surface area contributed by atoms with Crippen molar-refractivity contribution in [1.29, 1.82) is 0 Å². The zero-order valence-electron chi connectivity index (χ0n) is 10.00. The summed E-state index contributed by atoms with van der Waals surface area (Å²) in [5, 5.41) is 5.16. The van der Waals surface area contributed by atoms with Crippen LogP contribution in [-0.4, -0.2) is 18.1 Å². The Balaban J connectivity index is 1.87. The molecule has 0 saturated heterocycles. The third kappa shape index (κ3) is 3.60. The molecule has 0 spiro atoms. The van der Waals surface area contributed by atoms with Crippen LogP contribution in [0.1, 0.15) is 18.4 Å². The van der Waals surface area contributed by atoms with Crippen molar-refractivity contribution in [3.8, 4) is 0 Å². The lowest BCUT2D eigenvalue weighted by molar-refractivity contribution is -0.137. The SMILES string of the molecule is NC1CC(NC(=O)Nc2ccc(C(F)(F)F)cc2)C1.